The summed E-state index contributed by atoms with van der Waals surface area (Å²) in [5, 5.41) is 8.83. The van der Waals surface area contributed by atoms with E-state index >= 15 is 0 Å². The van der Waals surface area contributed by atoms with Gasteiger partial charge in [0.2, 0.25) is 11.8 Å². The van der Waals surface area contributed by atoms with E-state index in [-0.39, 0.29) is 60.7 Å². The summed E-state index contributed by atoms with van der Waals surface area (Å²) >= 11 is 0. The summed E-state index contributed by atoms with van der Waals surface area (Å²) in [6.07, 6.45) is 0.567. The summed E-state index contributed by atoms with van der Waals surface area (Å²) in [7, 11) is 0. The van der Waals surface area contributed by atoms with Gasteiger partial charge in [-0.3, -0.25) is 9.59 Å². The molecule has 25 heavy (non-hydrogen) atoms. The Hall–Kier alpha value is -1.34. The standard InChI is InChI=1S/C17H26N4O2.2ClH/c1-17(2,3)11-4-6-12(7-5-11)21-16(23)14-8-13(10-19-14)20-15(22)9-18;;/h4-7,13-14,19H,8-10,18H2,1-3H3,(H,20,22)(H,21,23);2*1H/t13?,14-;;/m0../s1. The van der Waals surface area contributed by atoms with Gasteiger partial charge in [0, 0.05) is 18.3 Å². The minimum Gasteiger partial charge on any atom is -0.351 e. The largest absolute Gasteiger partial charge is 0.351 e. The molecule has 0 radical (unpaired) electrons. The van der Waals surface area contributed by atoms with Crippen LogP contribution in [0.2, 0.25) is 0 Å². The SMILES string of the molecule is CC(C)(C)c1ccc(NC(=O)[C@@H]2CC(NC(=O)CN)CN2)cc1.Cl.Cl. The highest BCUT2D eigenvalue weighted by molar-refractivity contribution is 5.95. The Bertz CT molecular complexity index is 573. The summed E-state index contributed by atoms with van der Waals surface area (Å²) in [5.74, 6) is -0.284. The quantitative estimate of drug-likeness (QED) is 0.627. The molecule has 142 valence electrons. The number of nitrogens with one attached hydrogen (secondary N) is 3. The third-order valence-electron chi connectivity index (χ3n) is 4.02. The van der Waals surface area contributed by atoms with Crippen molar-refractivity contribution >= 4 is 42.3 Å². The Morgan fingerprint density at radius 3 is 2.32 bits per heavy atom. The lowest BCUT2D eigenvalue weighted by Crippen LogP contribution is -2.39. The lowest BCUT2D eigenvalue weighted by molar-refractivity contribution is -0.121. The highest BCUT2D eigenvalue weighted by Crippen LogP contribution is 2.23. The zero-order chi connectivity index (χ0) is 17.0. The van der Waals surface area contributed by atoms with Crippen LogP contribution < -0.4 is 21.7 Å². The number of anilines is 1. The van der Waals surface area contributed by atoms with Crippen LogP contribution in [0.1, 0.15) is 32.8 Å². The van der Waals surface area contributed by atoms with Crippen molar-refractivity contribution in [3.05, 3.63) is 29.8 Å². The van der Waals surface area contributed by atoms with E-state index in [1.165, 1.54) is 5.56 Å². The molecule has 0 bridgehead atoms. The summed E-state index contributed by atoms with van der Waals surface area (Å²) < 4.78 is 0. The minimum absolute atomic E-state index is 0. The third-order valence-corrected chi connectivity index (χ3v) is 4.02. The van der Waals surface area contributed by atoms with Gasteiger partial charge in [0.15, 0.2) is 0 Å². The van der Waals surface area contributed by atoms with Crippen molar-refractivity contribution in [1.29, 1.82) is 0 Å². The molecular weight excluding hydrogens is 363 g/mol. The fourth-order valence-corrected chi connectivity index (χ4v) is 2.61. The van der Waals surface area contributed by atoms with Gasteiger partial charge in [0.05, 0.1) is 12.6 Å². The Morgan fingerprint density at radius 2 is 1.80 bits per heavy atom. The Labute approximate surface area is 161 Å². The van der Waals surface area contributed by atoms with Crippen molar-refractivity contribution in [2.45, 2.75) is 44.7 Å². The predicted octanol–water partition coefficient (Wildman–Crippen LogP) is 1.57. The zero-order valence-electron chi connectivity index (χ0n) is 14.8. The van der Waals surface area contributed by atoms with Gasteiger partial charge in [-0.2, -0.15) is 0 Å². The van der Waals surface area contributed by atoms with E-state index < -0.39 is 0 Å². The number of benzene rings is 1. The van der Waals surface area contributed by atoms with Gasteiger partial charge in [0.25, 0.3) is 0 Å². The first kappa shape index (κ1) is 23.7. The molecule has 1 aliphatic heterocycles. The average Bonchev–Trinajstić information content (AvgIpc) is 2.95. The summed E-state index contributed by atoms with van der Waals surface area (Å²) in [6, 6.07) is 7.54. The zero-order valence-corrected chi connectivity index (χ0v) is 16.4. The average molecular weight is 391 g/mol. The van der Waals surface area contributed by atoms with Crippen molar-refractivity contribution in [2.24, 2.45) is 5.73 Å². The van der Waals surface area contributed by atoms with E-state index in [4.69, 9.17) is 5.73 Å². The second-order valence-corrected chi connectivity index (χ2v) is 6.98. The molecule has 1 saturated heterocycles. The van der Waals surface area contributed by atoms with E-state index in [0.29, 0.717) is 13.0 Å². The van der Waals surface area contributed by atoms with E-state index in [1.807, 2.05) is 24.3 Å². The van der Waals surface area contributed by atoms with Crippen LogP contribution in [0.15, 0.2) is 24.3 Å². The van der Waals surface area contributed by atoms with Crippen LogP contribution in [0.25, 0.3) is 0 Å². The number of rotatable bonds is 4. The number of carbonyl (C=O) groups excluding carboxylic acids is 2. The highest BCUT2D eigenvalue weighted by atomic mass is 35.5. The number of halogens is 2. The molecule has 0 aliphatic carbocycles. The normalized spacial score (nSPS) is 19.4. The minimum atomic E-state index is -0.305. The fourth-order valence-electron chi connectivity index (χ4n) is 2.61. The van der Waals surface area contributed by atoms with Gasteiger partial charge >= 0.3 is 0 Å². The number of hydrogen-bond acceptors (Lipinski definition) is 4. The molecule has 0 aromatic heterocycles. The first-order valence-electron chi connectivity index (χ1n) is 7.94. The summed E-state index contributed by atoms with van der Waals surface area (Å²) in [5.41, 5.74) is 7.36. The molecule has 1 heterocycles. The van der Waals surface area contributed by atoms with Crippen LogP contribution in [0.3, 0.4) is 0 Å². The molecular formula is C17H28Cl2N4O2. The fraction of sp³-hybridized carbons (Fsp3) is 0.529. The van der Waals surface area contributed by atoms with E-state index in [0.717, 1.165) is 5.69 Å². The van der Waals surface area contributed by atoms with Crippen LogP contribution in [0, 0.1) is 0 Å². The molecule has 1 aliphatic rings. The first-order valence-corrected chi connectivity index (χ1v) is 7.94. The molecule has 5 N–H and O–H groups in total. The molecule has 1 unspecified atom stereocenters. The van der Waals surface area contributed by atoms with Gasteiger partial charge in [-0.05, 0) is 29.5 Å². The number of carbonyl (C=O) groups is 2. The van der Waals surface area contributed by atoms with E-state index in [9.17, 15) is 9.59 Å². The maximum Gasteiger partial charge on any atom is 0.241 e. The molecule has 1 aromatic rings. The summed E-state index contributed by atoms with van der Waals surface area (Å²) in [4.78, 5) is 23.6. The molecule has 2 amide bonds. The van der Waals surface area contributed by atoms with Crippen molar-refractivity contribution < 1.29 is 9.59 Å². The molecule has 6 nitrogen and oxygen atoms in total. The Kier molecular flexibility index (Phi) is 9.43. The second kappa shape index (κ2) is 9.97. The van der Waals surface area contributed by atoms with Crippen LogP contribution >= 0.6 is 24.8 Å². The molecule has 8 heteroatoms. The van der Waals surface area contributed by atoms with Crippen LogP contribution in [-0.2, 0) is 15.0 Å². The van der Waals surface area contributed by atoms with Crippen molar-refractivity contribution in [3.63, 3.8) is 0 Å². The number of hydrogen-bond donors (Lipinski definition) is 4. The molecule has 0 spiro atoms. The van der Waals surface area contributed by atoms with Gasteiger partial charge in [-0.25, -0.2) is 0 Å². The first-order chi connectivity index (χ1) is 10.8. The number of amides is 2. The predicted molar refractivity (Wildman–Crippen MR) is 106 cm³/mol. The van der Waals surface area contributed by atoms with Gasteiger partial charge < -0.3 is 21.7 Å². The van der Waals surface area contributed by atoms with E-state index in [2.05, 4.69) is 36.7 Å². The van der Waals surface area contributed by atoms with Crippen molar-refractivity contribution in [2.75, 3.05) is 18.4 Å². The van der Waals surface area contributed by atoms with Crippen LogP contribution in [0.5, 0.6) is 0 Å². The molecule has 2 rings (SSSR count). The van der Waals surface area contributed by atoms with Crippen molar-refractivity contribution in [1.82, 2.24) is 10.6 Å². The second-order valence-electron chi connectivity index (χ2n) is 6.98. The van der Waals surface area contributed by atoms with Crippen molar-refractivity contribution in [3.8, 4) is 0 Å². The van der Waals surface area contributed by atoms with E-state index in [1.54, 1.807) is 0 Å². The maximum absolute atomic E-state index is 12.3. The number of nitrogens with two attached hydrogens (primary N) is 1. The Morgan fingerprint density at radius 1 is 1.20 bits per heavy atom. The molecule has 1 fully saturated rings. The van der Waals surface area contributed by atoms with Gasteiger partial charge in [0.1, 0.15) is 0 Å². The molecule has 0 saturated carbocycles. The maximum atomic E-state index is 12.3. The van der Waals surface area contributed by atoms with Gasteiger partial charge in [-0.15, -0.1) is 24.8 Å². The van der Waals surface area contributed by atoms with Crippen LogP contribution in [0.4, 0.5) is 5.69 Å². The topological polar surface area (TPSA) is 96.2 Å². The molecule has 2 atom stereocenters. The van der Waals surface area contributed by atoms with Crippen LogP contribution in [-0.4, -0.2) is 37.0 Å². The summed E-state index contributed by atoms with van der Waals surface area (Å²) in [6.45, 7) is 7.00. The lowest BCUT2D eigenvalue weighted by Gasteiger charge is -2.19. The monoisotopic (exact) mass is 390 g/mol. The lowest BCUT2D eigenvalue weighted by atomic mass is 9.87. The van der Waals surface area contributed by atoms with Gasteiger partial charge in [-0.1, -0.05) is 32.9 Å². The molecule has 1 aromatic carbocycles. The smallest absolute Gasteiger partial charge is 0.241 e. The Balaban J connectivity index is 0.00000288. The highest BCUT2D eigenvalue weighted by Gasteiger charge is 2.30. The third kappa shape index (κ3) is 6.82.